The van der Waals surface area contributed by atoms with E-state index in [0.29, 0.717) is 40.9 Å². The van der Waals surface area contributed by atoms with E-state index in [1.54, 1.807) is 72.3 Å². The number of amides is 1. The number of nitrogens with zero attached hydrogens (tertiary/aromatic N) is 6. The summed E-state index contributed by atoms with van der Waals surface area (Å²) in [6.07, 6.45) is 13.0. The number of pyridine rings is 2. The highest BCUT2D eigenvalue weighted by Crippen LogP contribution is 2.25. The highest BCUT2D eigenvalue weighted by atomic mass is 19.1. The van der Waals surface area contributed by atoms with Crippen molar-refractivity contribution in [3.05, 3.63) is 153 Å². The number of aliphatic hydroxyl groups is 2. The van der Waals surface area contributed by atoms with Crippen molar-refractivity contribution in [2.24, 2.45) is 19.8 Å². The highest BCUT2D eigenvalue weighted by molar-refractivity contribution is 6.04. The number of carbonyl (C=O) groups is 2. The van der Waals surface area contributed by atoms with Gasteiger partial charge in [-0.05, 0) is 74.9 Å². The third kappa shape index (κ3) is 10.0. The first kappa shape index (κ1) is 46.1. The van der Waals surface area contributed by atoms with Gasteiger partial charge in [0.25, 0.3) is 17.0 Å². The summed E-state index contributed by atoms with van der Waals surface area (Å²) in [5.74, 6) is -2.65. The Morgan fingerprint density at radius 1 is 0.716 bits per heavy atom. The van der Waals surface area contributed by atoms with E-state index < -0.39 is 35.2 Å². The van der Waals surface area contributed by atoms with Crippen molar-refractivity contribution in [1.82, 2.24) is 34.0 Å². The van der Waals surface area contributed by atoms with Crippen LogP contribution in [-0.2, 0) is 27.2 Å². The van der Waals surface area contributed by atoms with Crippen LogP contribution in [0.3, 0.4) is 0 Å². The van der Waals surface area contributed by atoms with Crippen molar-refractivity contribution in [2.75, 3.05) is 0 Å². The molecule has 2 fully saturated rings. The molecule has 0 aliphatic heterocycles. The highest BCUT2D eigenvalue weighted by Gasteiger charge is 2.29. The van der Waals surface area contributed by atoms with Crippen LogP contribution in [0.4, 0.5) is 8.78 Å². The molecule has 17 nitrogen and oxygen atoms in total. The van der Waals surface area contributed by atoms with Gasteiger partial charge >= 0.3 is 5.97 Å². The molecule has 0 saturated heterocycles. The van der Waals surface area contributed by atoms with Crippen LogP contribution < -0.4 is 22.2 Å². The number of carbonyl (C=O) groups excluding carboxylic acids is 1. The van der Waals surface area contributed by atoms with E-state index in [0.717, 1.165) is 25.7 Å². The van der Waals surface area contributed by atoms with Gasteiger partial charge in [-0.1, -0.05) is 24.3 Å². The summed E-state index contributed by atoms with van der Waals surface area (Å²) in [6.45, 7) is -0.158. The van der Waals surface area contributed by atoms with Crippen LogP contribution in [0.2, 0.25) is 0 Å². The quantitative estimate of drug-likeness (QED) is 0.120. The van der Waals surface area contributed by atoms with E-state index in [2.05, 4.69) is 15.5 Å². The molecule has 2 aliphatic carbocycles. The number of aromatic carboxylic acids is 1. The zero-order valence-corrected chi connectivity index (χ0v) is 36.5. The van der Waals surface area contributed by atoms with Gasteiger partial charge in [0.15, 0.2) is 11.2 Å². The lowest BCUT2D eigenvalue weighted by molar-refractivity contribution is 0.0696. The SMILES string of the molecule is Cn1ccc(-c2ccc(Cn3cc(C(=O)N[C@H]4CCC[C@@H]4O)c4occc4c3=O)c(F)c2)n1.Cn1ccc(-c2ccc(Cn3cc(C(=O)O)c4occc4c3=O)c(F)c2)n1.N[C@H]1CCC[C@@H]1O. The van der Waals surface area contributed by atoms with Gasteiger partial charge in [-0.3, -0.25) is 23.7 Å². The zero-order chi connectivity index (χ0) is 47.5. The molecule has 6 N–H and O–H groups in total. The number of nitrogens with one attached hydrogen (secondary N) is 1. The Bertz CT molecular complexity index is 3210. The summed E-state index contributed by atoms with van der Waals surface area (Å²) in [6, 6.07) is 15.5. The van der Waals surface area contributed by atoms with Gasteiger partial charge < -0.3 is 44.3 Å². The Morgan fingerprint density at radius 2 is 1.21 bits per heavy atom. The predicted octanol–water partition coefficient (Wildman–Crippen LogP) is 5.56. The fraction of sp³-hybridized carbons (Fsp3) is 0.292. The monoisotopic (exact) mass is 918 g/mol. The van der Waals surface area contributed by atoms with E-state index in [-0.39, 0.29) is 75.5 Å². The average molecular weight is 919 g/mol. The number of benzene rings is 2. The van der Waals surface area contributed by atoms with Crippen molar-refractivity contribution in [1.29, 1.82) is 0 Å². The Labute approximate surface area is 380 Å². The number of halogens is 2. The van der Waals surface area contributed by atoms with E-state index in [1.807, 2.05) is 0 Å². The van der Waals surface area contributed by atoms with Gasteiger partial charge in [-0.25, -0.2) is 13.6 Å². The van der Waals surface area contributed by atoms with Crippen LogP contribution in [0.25, 0.3) is 44.5 Å². The van der Waals surface area contributed by atoms with E-state index in [9.17, 15) is 38.2 Å². The van der Waals surface area contributed by atoms with Crippen molar-refractivity contribution in [3.8, 4) is 22.5 Å². The van der Waals surface area contributed by atoms with E-state index in [1.165, 1.54) is 58.3 Å². The first-order valence-electron chi connectivity index (χ1n) is 21.6. The molecule has 10 rings (SSSR count). The maximum Gasteiger partial charge on any atom is 0.341 e. The van der Waals surface area contributed by atoms with Crippen molar-refractivity contribution in [3.63, 3.8) is 0 Å². The third-order valence-electron chi connectivity index (χ3n) is 12.0. The molecule has 19 heteroatoms. The Morgan fingerprint density at radius 3 is 1.61 bits per heavy atom. The molecule has 348 valence electrons. The first-order valence-corrected chi connectivity index (χ1v) is 21.6. The second-order valence-electron chi connectivity index (χ2n) is 16.7. The number of furan rings is 2. The number of rotatable bonds is 9. The van der Waals surface area contributed by atoms with Crippen LogP contribution >= 0.6 is 0 Å². The van der Waals surface area contributed by atoms with Gasteiger partial charge in [-0.15, -0.1) is 0 Å². The fourth-order valence-corrected chi connectivity index (χ4v) is 8.28. The van der Waals surface area contributed by atoms with Gasteiger partial charge in [0, 0.05) is 67.2 Å². The fourth-order valence-electron chi connectivity index (χ4n) is 8.28. The van der Waals surface area contributed by atoms with E-state index in [4.69, 9.17) is 19.7 Å². The predicted molar refractivity (Wildman–Crippen MR) is 242 cm³/mol. The molecule has 2 aliphatic rings. The van der Waals surface area contributed by atoms with Crippen LogP contribution in [0.15, 0.2) is 116 Å². The largest absolute Gasteiger partial charge is 0.477 e. The molecular formula is C48H48F2N8O9. The minimum Gasteiger partial charge on any atom is -0.477 e. The number of aliphatic hydroxyl groups excluding tert-OH is 2. The molecule has 6 aromatic heterocycles. The summed E-state index contributed by atoms with van der Waals surface area (Å²) in [4.78, 5) is 49.9. The first-order chi connectivity index (χ1) is 32.1. The molecule has 0 bridgehead atoms. The average Bonchev–Trinajstić information content (AvgIpc) is 4.18. The number of hydrogen-bond donors (Lipinski definition) is 5. The number of aromatic nitrogens is 6. The van der Waals surface area contributed by atoms with Gasteiger partial charge in [-0.2, -0.15) is 10.2 Å². The second kappa shape index (κ2) is 19.5. The van der Waals surface area contributed by atoms with Crippen LogP contribution in [0, 0.1) is 11.6 Å². The molecule has 2 aromatic carbocycles. The van der Waals surface area contributed by atoms with Gasteiger partial charge in [0.2, 0.25) is 0 Å². The Hall–Kier alpha value is -7.48. The molecule has 67 heavy (non-hydrogen) atoms. The van der Waals surface area contributed by atoms with Crippen LogP contribution in [-0.4, -0.2) is 80.2 Å². The molecule has 0 unspecified atom stereocenters. The lowest BCUT2D eigenvalue weighted by Crippen LogP contribution is -2.40. The molecular weight excluding hydrogens is 871 g/mol. The summed E-state index contributed by atoms with van der Waals surface area (Å²) in [7, 11) is 3.56. The third-order valence-corrected chi connectivity index (χ3v) is 12.0. The lowest BCUT2D eigenvalue weighted by atomic mass is 10.1. The molecule has 1 amide bonds. The Kier molecular flexibility index (Phi) is 13.4. The minimum absolute atomic E-state index is 0.00900. The summed E-state index contributed by atoms with van der Waals surface area (Å²) < 4.78 is 45.8. The van der Waals surface area contributed by atoms with Gasteiger partial charge in [0.05, 0.1) is 71.6 Å². The van der Waals surface area contributed by atoms with Gasteiger partial charge in [0.1, 0.15) is 17.2 Å². The van der Waals surface area contributed by atoms with Crippen LogP contribution in [0.5, 0.6) is 0 Å². The molecule has 0 radical (unpaired) electrons. The second-order valence-corrected chi connectivity index (χ2v) is 16.7. The standard InChI is InChI=1S/C24H23FN4O4.C19H14FN3O4.C5H11NO/c1-28-9-7-19(27-28)14-5-6-15(18(25)11-14)12-29-13-17(22-16(24(29)32)8-10-33-22)23(31)26-20-3-2-4-21(20)30;1-22-6-4-16(21-22)11-2-3-12(15(20)8-11)9-23-10-14(19(25)26)17-13(18(23)24)5-7-27-17;6-4-2-1-3-5(4)7/h5-11,13,20-21,30H,2-4,12H2,1H3,(H,26,31);2-8,10H,9H2,1H3,(H,25,26);4-5,7H,1-3,6H2/t20-,21-;;4-,5-/m0.0/s1. The molecule has 8 aromatic rings. The van der Waals surface area contributed by atoms with Crippen molar-refractivity contribution >= 4 is 33.8 Å². The number of nitrogens with two attached hydrogens (primary N) is 1. The van der Waals surface area contributed by atoms with Crippen molar-refractivity contribution < 1.29 is 42.5 Å². The topological polar surface area (TPSA) is 239 Å². The van der Waals surface area contributed by atoms with Crippen molar-refractivity contribution in [2.45, 2.75) is 75.9 Å². The molecule has 4 atom stereocenters. The Balaban J connectivity index is 0.000000161. The lowest BCUT2D eigenvalue weighted by Gasteiger charge is -2.17. The van der Waals surface area contributed by atoms with E-state index >= 15 is 0 Å². The number of carboxylic acid groups (broad SMARTS) is 1. The van der Waals surface area contributed by atoms with Crippen LogP contribution in [0.1, 0.15) is 70.4 Å². The minimum atomic E-state index is -1.23. The number of hydrogen-bond acceptors (Lipinski definition) is 11. The zero-order valence-electron chi connectivity index (χ0n) is 36.5. The number of aryl methyl sites for hydroxylation is 2. The molecule has 0 spiro atoms. The number of fused-ring (bicyclic) bond motifs is 2. The maximum atomic E-state index is 14.9. The summed E-state index contributed by atoms with van der Waals surface area (Å²) in [5.41, 5.74) is 7.87. The maximum absolute atomic E-state index is 14.9. The smallest absolute Gasteiger partial charge is 0.341 e. The summed E-state index contributed by atoms with van der Waals surface area (Å²) in [5, 5.41) is 40.0. The molecule has 6 heterocycles. The normalized spacial score (nSPS) is 17.8. The number of carboxylic acids is 1. The molecule has 2 saturated carbocycles. The summed E-state index contributed by atoms with van der Waals surface area (Å²) >= 11 is 0.